The number of aryl methyl sites for hydroxylation is 3. The fourth-order valence-electron chi connectivity index (χ4n) is 3.08. The molecule has 1 amide bonds. The molecule has 7 nitrogen and oxygen atoms in total. The number of hydrogen-bond acceptors (Lipinski definition) is 7. The molecule has 0 bridgehead atoms. The SMILES string of the molecule is Cc1cc(NC(=O)[C@H](C)Sc2nc3sc4c(c3c(=O)n2C)CCC4)no1. The maximum Gasteiger partial charge on any atom is 0.262 e. The smallest absolute Gasteiger partial charge is 0.262 e. The summed E-state index contributed by atoms with van der Waals surface area (Å²) in [5.41, 5.74) is 1.14. The first-order valence-electron chi connectivity index (χ1n) is 8.36. The maximum atomic E-state index is 12.8. The molecule has 3 aromatic heterocycles. The van der Waals surface area contributed by atoms with Crippen molar-refractivity contribution in [3.63, 3.8) is 0 Å². The lowest BCUT2D eigenvalue weighted by molar-refractivity contribution is -0.115. The average molecular weight is 390 g/mol. The minimum absolute atomic E-state index is 0.0309. The van der Waals surface area contributed by atoms with Gasteiger partial charge < -0.3 is 9.84 Å². The normalized spacial score (nSPS) is 14.6. The number of carbonyl (C=O) groups excluding carboxylic acids is 1. The average Bonchev–Trinajstić information content (AvgIpc) is 3.28. The first-order chi connectivity index (χ1) is 12.4. The topological polar surface area (TPSA) is 90.0 Å². The fraction of sp³-hybridized carbons (Fsp3) is 0.412. The summed E-state index contributed by atoms with van der Waals surface area (Å²) in [4.78, 5) is 31.9. The summed E-state index contributed by atoms with van der Waals surface area (Å²) < 4.78 is 6.49. The van der Waals surface area contributed by atoms with Crippen LogP contribution in [0.5, 0.6) is 0 Å². The summed E-state index contributed by atoms with van der Waals surface area (Å²) >= 11 is 2.87. The monoisotopic (exact) mass is 390 g/mol. The highest BCUT2D eigenvalue weighted by Gasteiger charge is 2.24. The Morgan fingerprint density at radius 1 is 1.46 bits per heavy atom. The van der Waals surface area contributed by atoms with Gasteiger partial charge >= 0.3 is 0 Å². The molecule has 0 saturated heterocycles. The molecule has 0 saturated carbocycles. The van der Waals surface area contributed by atoms with Gasteiger partial charge in [-0.15, -0.1) is 11.3 Å². The molecule has 26 heavy (non-hydrogen) atoms. The van der Waals surface area contributed by atoms with Gasteiger partial charge in [0, 0.05) is 18.0 Å². The predicted molar refractivity (Wildman–Crippen MR) is 102 cm³/mol. The number of nitrogens with one attached hydrogen (secondary N) is 1. The van der Waals surface area contributed by atoms with Crippen LogP contribution in [0.25, 0.3) is 10.2 Å². The molecule has 0 fully saturated rings. The lowest BCUT2D eigenvalue weighted by Crippen LogP contribution is -2.25. The van der Waals surface area contributed by atoms with Crippen molar-refractivity contribution in [2.75, 3.05) is 5.32 Å². The largest absolute Gasteiger partial charge is 0.360 e. The van der Waals surface area contributed by atoms with Crippen LogP contribution in [0, 0.1) is 6.92 Å². The van der Waals surface area contributed by atoms with Crippen LogP contribution in [-0.4, -0.2) is 25.9 Å². The quantitative estimate of drug-likeness (QED) is 0.544. The van der Waals surface area contributed by atoms with Crippen LogP contribution in [0.15, 0.2) is 20.5 Å². The van der Waals surface area contributed by atoms with Crippen LogP contribution in [-0.2, 0) is 24.7 Å². The first-order valence-corrected chi connectivity index (χ1v) is 10.1. The summed E-state index contributed by atoms with van der Waals surface area (Å²) in [7, 11) is 1.71. The summed E-state index contributed by atoms with van der Waals surface area (Å²) in [5.74, 6) is 0.791. The number of thioether (sulfide) groups is 1. The Morgan fingerprint density at radius 2 is 2.27 bits per heavy atom. The molecular formula is C17H18N4O3S2. The van der Waals surface area contributed by atoms with Gasteiger partial charge in [0.15, 0.2) is 11.0 Å². The van der Waals surface area contributed by atoms with Gasteiger partial charge in [0.05, 0.1) is 10.6 Å². The van der Waals surface area contributed by atoms with Gasteiger partial charge in [-0.1, -0.05) is 16.9 Å². The second-order valence-corrected chi connectivity index (χ2v) is 8.76. The molecule has 3 aromatic rings. The summed E-state index contributed by atoms with van der Waals surface area (Å²) in [6, 6.07) is 1.66. The molecule has 0 unspecified atom stereocenters. The van der Waals surface area contributed by atoms with E-state index in [-0.39, 0.29) is 11.5 Å². The van der Waals surface area contributed by atoms with Crippen LogP contribution in [0.4, 0.5) is 5.82 Å². The van der Waals surface area contributed by atoms with E-state index in [0.29, 0.717) is 16.7 Å². The molecular weight excluding hydrogens is 372 g/mol. The van der Waals surface area contributed by atoms with Gasteiger partial charge in [-0.05, 0) is 38.7 Å². The highest BCUT2D eigenvalue weighted by Crippen LogP contribution is 2.35. The molecule has 3 heterocycles. The molecule has 0 aromatic carbocycles. The second-order valence-electron chi connectivity index (χ2n) is 6.37. The zero-order valence-electron chi connectivity index (χ0n) is 14.7. The number of rotatable bonds is 4. The van der Waals surface area contributed by atoms with Crippen LogP contribution in [0.2, 0.25) is 0 Å². The van der Waals surface area contributed by atoms with E-state index in [1.165, 1.54) is 22.2 Å². The Morgan fingerprint density at radius 3 is 3.00 bits per heavy atom. The zero-order valence-corrected chi connectivity index (χ0v) is 16.3. The molecule has 1 atom stereocenters. The molecule has 1 aliphatic rings. The van der Waals surface area contributed by atoms with Crippen LogP contribution in [0.1, 0.15) is 29.5 Å². The molecule has 136 valence electrons. The summed E-state index contributed by atoms with van der Waals surface area (Å²) in [6.45, 7) is 3.53. The van der Waals surface area contributed by atoms with Crippen molar-refractivity contribution in [1.82, 2.24) is 14.7 Å². The van der Waals surface area contributed by atoms with Crippen LogP contribution in [0.3, 0.4) is 0 Å². The zero-order chi connectivity index (χ0) is 18.4. The number of fused-ring (bicyclic) bond motifs is 3. The minimum Gasteiger partial charge on any atom is -0.360 e. The Hall–Kier alpha value is -2.13. The van der Waals surface area contributed by atoms with E-state index in [9.17, 15) is 9.59 Å². The number of carbonyl (C=O) groups is 1. The van der Waals surface area contributed by atoms with Crippen LogP contribution < -0.4 is 10.9 Å². The van der Waals surface area contributed by atoms with Crippen molar-refractivity contribution in [2.24, 2.45) is 7.05 Å². The van der Waals surface area contributed by atoms with Gasteiger partial charge in [-0.2, -0.15) is 0 Å². The van der Waals surface area contributed by atoms with Gasteiger partial charge in [-0.3, -0.25) is 14.2 Å². The molecule has 0 radical (unpaired) electrons. The Bertz CT molecular complexity index is 1070. The van der Waals surface area contributed by atoms with E-state index < -0.39 is 5.25 Å². The van der Waals surface area contributed by atoms with E-state index in [0.717, 1.165) is 29.5 Å². The fourth-order valence-corrected chi connectivity index (χ4v) is 5.25. The number of amides is 1. The highest BCUT2D eigenvalue weighted by atomic mass is 32.2. The number of anilines is 1. The van der Waals surface area contributed by atoms with Crippen molar-refractivity contribution in [3.05, 3.63) is 32.6 Å². The lowest BCUT2D eigenvalue weighted by Gasteiger charge is -2.12. The Balaban J connectivity index is 1.59. The highest BCUT2D eigenvalue weighted by molar-refractivity contribution is 8.00. The molecule has 9 heteroatoms. The van der Waals surface area contributed by atoms with Gasteiger partial charge in [0.1, 0.15) is 10.6 Å². The van der Waals surface area contributed by atoms with Crippen molar-refractivity contribution < 1.29 is 9.32 Å². The van der Waals surface area contributed by atoms with Gasteiger partial charge in [-0.25, -0.2) is 4.98 Å². The van der Waals surface area contributed by atoms with Gasteiger partial charge in [0.2, 0.25) is 5.91 Å². The number of hydrogen-bond donors (Lipinski definition) is 1. The third kappa shape index (κ3) is 2.95. The number of aromatic nitrogens is 3. The first kappa shape index (κ1) is 17.3. The summed E-state index contributed by atoms with van der Waals surface area (Å²) in [5, 5.41) is 7.33. The van der Waals surface area contributed by atoms with Crippen molar-refractivity contribution in [2.45, 2.75) is 43.5 Å². The third-order valence-corrected chi connectivity index (χ3v) is 6.77. The van der Waals surface area contributed by atoms with Crippen LogP contribution >= 0.6 is 23.1 Å². The van der Waals surface area contributed by atoms with E-state index >= 15 is 0 Å². The molecule has 4 rings (SSSR count). The number of nitrogens with zero attached hydrogens (tertiary/aromatic N) is 3. The minimum atomic E-state index is -0.436. The Kier molecular flexibility index (Phi) is 4.36. The van der Waals surface area contributed by atoms with E-state index in [1.54, 1.807) is 42.9 Å². The molecule has 1 aliphatic carbocycles. The molecule has 1 N–H and O–H groups in total. The van der Waals surface area contributed by atoms with E-state index in [4.69, 9.17) is 4.52 Å². The Labute approximate surface area is 157 Å². The lowest BCUT2D eigenvalue weighted by atomic mass is 10.2. The van der Waals surface area contributed by atoms with Crippen molar-refractivity contribution in [1.29, 1.82) is 0 Å². The van der Waals surface area contributed by atoms with E-state index in [2.05, 4.69) is 15.5 Å². The van der Waals surface area contributed by atoms with Crippen molar-refractivity contribution >= 4 is 45.0 Å². The van der Waals surface area contributed by atoms with E-state index in [1.807, 2.05) is 0 Å². The summed E-state index contributed by atoms with van der Waals surface area (Å²) in [6.07, 6.45) is 3.09. The second kappa shape index (κ2) is 6.55. The molecule has 0 aliphatic heterocycles. The third-order valence-electron chi connectivity index (χ3n) is 4.44. The van der Waals surface area contributed by atoms with Crippen molar-refractivity contribution in [3.8, 4) is 0 Å². The maximum absolute atomic E-state index is 12.8. The predicted octanol–water partition coefficient (Wildman–Crippen LogP) is 2.90. The standard InChI is InChI=1S/C17H18N4O3S2/c1-8-7-12(20-24-8)18-14(22)9(2)25-17-19-15-13(16(23)21(17)3)10-5-4-6-11(10)26-15/h7,9H,4-6H2,1-3H3,(H,18,20,22)/t9-/m0/s1. The van der Waals surface area contributed by atoms with Gasteiger partial charge in [0.25, 0.3) is 5.56 Å². The number of thiophene rings is 1. The molecule has 0 spiro atoms.